The van der Waals surface area contributed by atoms with E-state index in [0.717, 1.165) is 12.5 Å². The summed E-state index contributed by atoms with van der Waals surface area (Å²) in [5, 5.41) is 0. The molecule has 2 fully saturated rings. The van der Waals surface area contributed by atoms with Crippen LogP contribution in [0.3, 0.4) is 0 Å². The summed E-state index contributed by atoms with van der Waals surface area (Å²) in [7, 11) is 0. The molecular formula is C16H24N2. The molecule has 1 aliphatic carbocycles. The monoisotopic (exact) mass is 244 g/mol. The minimum atomic E-state index is 0.0333. The smallest absolute Gasteiger partial charge is 0.0283 e. The number of hydrogen-bond acceptors (Lipinski definition) is 2. The summed E-state index contributed by atoms with van der Waals surface area (Å²) in [5.41, 5.74) is 7.97. The number of nitrogens with zero attached hydrogens (tertiary/aromatic N) is 1. The molecule has 0 amide bonds. The van der Waals surface area contributed by atoms with E-state index in [-0.39, 0.29) is 5.54 Å². The summed E-state index contributed by atoms with van der Waals surface area (Å²) in [4.78, 5) is 2.57. The second-order valence-electron chi connectivity index (χ2n) is 6.41. The van der Waals surface area contributed by atoms with Gasteiger partial charge < -0.3 is 10.6 Å². The van der Waals surface area contributed by atoms with Crippen LogP contribution in [0.5, 0.6) is 0 Å². The van der Waals surface area contributed by atoms with Crippen LogP contribution in [0.25, 0.3) is 0 Å². The van der Waals surface area contributed by atoms with Crippen molar-refractivity contribution in [3.63, 3.8) is 0 Å². The summed E-state index contributed by atoms with van der Waals surface area (Å²) in [6, 6.07) is 10.9. The van der Waals surface area contributed by atoms with Crippen molar-refractivity contribution in [1.29, 1.82) is 0 Å². The number of rotatable bonds is 4. The van der Waals surface area contributed by atoms with Crippen LogP contribution in [0.2, 0.25) is 0 Å². The topological polar surface area (TPSA) is 29.3 Å². The fourth-order valence-electron chi connectivity index (χ4n) is 3.33. The predicted molar refractivity (Wildman–Crippen MR) is 75.6 cm³/mol. The molecule has 2 aliphatic rings. The Morgan fingerprint density at radius 3 is 2.61 bits per heavy atom. The lowest BCUT2D eigenvalue weighted by Crippen LogP contribution is -2.49. The molecule has 1 saturated carbocycles. The number of benzene rings is 1. The molecule has 0 bridgehead atoms. The molecule has 2 nitrogen and oxygen atoms in total. The zero-order valence-corrected chi connectivity index (χ0v) is 11.3. The summed E-state index contributed by atoms with van der Waals surface area (Å²) >= 11 is 0. The number of hydrogen-bond donors (Lipinski definition) is 1. The van der Waals surface area contributed by atoms with Crippen LogP contribution in [0, 0.1) is 5.92 Å². The van der Waals surface area contributed by atoms with Gasteiger partial charge in [0, 0.05) is 18.6 Å². The van der Waals surface area contributed by atoms with E-state index in [0.29, 0.717) is 5.92 Å². The molecular weight excluding hydrogens is 220 g/mol. The van der Waals surface area contributed by atoms with Gasteiger partial charge in [0.05, 0.1) is 0 Å². The molecule has 2 unspecified atom stereocenters. The molecule has 1 heterocycles. The van der Waals surface area contributed by atoms with E-state index in [1.54, 1.807) is 0 Å². The van der Waals surface area contributed by atoms with Gasteiger partial charge in [-0.15, -0.1) is 0 Å². The second kappa shape index (κ2) is 4.67. The maximum absolute atomic E-state index is 6.44. The highest BCUT2D eigenvalue weighted by Gasteiger charge is 2.40. The lowest BCUT2D eigenvalue weighted by Gasteiger charge is -2.30. The summed E-state index contributed by atoms with van der Waals surface area (Å²) in [6.45, 7) is 5.70. The van der Waals surface area contributed by atoms with Gasteiger partial charge in [0.1, 0.15) is 0 Å². The van der Waals surface area contributed by atoms with Crippen molar-refractivity contribution in [2.45, 2.75) is 37.6 Å². The first kappa shape index (κ1) is 12.2. The highest BCUT2D eigenvalue weighted by molar-refractivity contribution is 5.21. The van der Waals surface area contributed by atoms with Gasteiger partial charge in [0.15, 0.2) is 0 Å². The van der Waals surface area contributed by atoms with E-state index in [2.05, 4.69) is 42.2 Å². The molecule has 1 aliphatic heterocycles. The molecule has 2 atom stereocenters. The lowest BCUT2D eigenvalue weighted by atomic mass is 9.96. The molecule has 1 aromatic rings. The van der Waals surface area contributed by atoms with Crippen molar-refractivity contribution in [2.75, 3.05) is 19.6 Å². The van der Waals surface area contributed by atoms with Gasteiger partial charge in [0.2, 0.25) is 0 Å². The van der Waals surface area contributed by atoms with E-state index in [9.17, 15) is 0 Å². The van der Waals surface area contributed by atoms with Crippen molar-refractivity contribution < 1.29 is 0 Å². The Hall–Kier alpha value is -0.860. The summed E-state index contributed by atoms with van der Waals surface area (Å²) in [6.07, 6.45) is 3.96. The third-order valence-corrected chi connectivity index (χ3v) is 4.62. The molecule has 3 rings (SSSR count). The highest BCUT2D eigenvalue weighted by atomic mass is 15.2. The number of nitrogens with two attached hydrogens (primary N) is 1. The maximum atomic E-state index is 6.44. The molecule has 2 N–H and O–H groups in total. The van der Waals surface area contributed by atoms with Crippen molar-refractivity contribution in [3.8, 4) is 0 Å². The molecule has 1 saturated heterocycles. The molecule has 0 spiro atoms. The minimum absolute atomic E-state index is 0.0333. The van der Waals surface area contributed by atoms with Crippen molar-refractivity contribution >= 4 is 0 Å². The van der Waals surface area contributed by atoms with Crippen molar-refractivity contribution in [1.82, 2.24) is 4.90 Å². The standard InChI is InChI=1S/C16H24N2/c1-16(17,15-7-8-15)12-18-10-9-14(11-18)13-5-3-2-4-6-13/h2-6,14-15H,7-12,17H2,1H3. The maximum Gasteiger partial charge on any atom is 0.0283 e. The van der Waals surface area contributed by atoms with Crippen LogP contribution in [0.4, 0.5) is 0 Å². The van der Waals surface area contributed by atoms with Gasteiger partial charge in [-0.25, -0.2) is 0 Å². The van der Waals surface area contributed by atoms with E-state index in [1.165, 1.54) is 37.9 Å². The Bertz CT molecular complexity index is 395. The zero-order chi connectivity index (χ0) is 12.6. The van der Waals surface area contributed by atoms with Gasteiger partial charge in [-0.05, 0) is 50.1 Å². The lowest BCUT2D eigenvalue weighted by molar-refractivity contribution is 0.236. The number of likely N-dealkylation sites (tertiary alicyclic amines) is 1. The first-order valence-electron chi connectivity index (χ1n) is 7.21. The molecule has 18 heavy (non-hydrogen) atoms. The van der Waals surface area contributed by atoms with Crippen molar-refractivity contribution in [3.05, 3.63) is 35.9 Å². The average molecular weight is 244 g/mol. The first-order valence-corrected chi connectivity index (χ1v) is 7.21. The Morgan fingerprint density at radius 1 is 1.22 bits per heavy atom. The SMILES string of the molecule is CC(N)(CN1CCC(c2ccccc2)C1)C1CC1. The van der Waals surface area contributed by atoms with Crippen LogP contribution in [0.1, 0.15) is 37.7 Å². The third-order valence-electron chi connectivity index (χ3n) is 4.62. The van der Waals surface area contributed by atoms with Gasteiger partial charge >= 0.3 is 0 Å². The Kier molecular flexibility index (Phi) is 3.16. The molecule has 0 radical (unpaired) electrons. The van der Waals surface area contributed by atoms with E-state index < -0.39 is 0 Å². The fraction of sp³-hybridized carbons (Fsp3) is 0.625. The second-order valence-corrected chi connectivity index (χ2v) is 6.41. The Labute approximate surface area is 110 Å². The van der Waals surface area contributed by atoms with Crippen LogP contribution >= 0.6 is 0 Å². The Balaban J connectivity index is 1.58. The average Bonchev–Trinajstić information content (AvgIpc) is 3.13. The van der Waals surface area contributed by atoms with Gasteiger partial charge in [0.25, 0.3) is 0 Å². The van der Waals surface area contributed by atoms with E-state index >= 15 is 0 Å². The van der Waals surface area contributed by atoms with Gasteiger partial charge in [-0.2, -0.15) is 0 Å². The first-order chi connectivity index (χ1) is 8.65. The van der Waals surface area contributed by atoms with Crippen LogP contribution < -0.4 is 5.73 Å². The van der Waals surface area contributed by atoms with E-state index in [4.69, 9.17) is 5.73 Å². The molecule has 98 valence electrons. The Morgan fingerprint density at radius 2 is 1.94 bits per heavy atom. The third kappa shape index (κ3) is 2.60. The largest absolute Gasteiger partial charge is 0.324 e. The fourth-order valence-corrected chi connectivity index (χ4v) is 3.33. The summed E-state index contributed by atoms with van der Waals surface area (Å²) in [5.74, 6) is 1.48. The predicted octanol–water partition coefficient (Wildman–Crippen LogP) is 2.60. The van der Waals surface area contributed by atoms with Crippen LogP contribution in [-0.4, -0.2) is 30.1 Å². The highest BCUT2D eigenvalue weighted by Crippen LogP contribution is 2.39. The molecule has 2 heteroatoms. The normalized spacial score (nSPS) is 28.2. The van der Waals surface area contributed by atoms with Crippen LogP contribution in [0.15, 0.2) is 30.3 Å². The summed E-state index contributed by atoms with van der Waals surface area (Å²) < 4.78 is 0. The van der Waals surface area contributed by atoms with E-state index in [1.807, 2.05) is 0 Å². The van der Waals surface area contributed by atoms with Crippen LogP contribution in [-0.2, 0) is 0 Å². The van der Waals surface area contributed by atoms with Gasteiger partial charge in [-0.3, -0.25) is 0 Å². The quantitative estimate of drug-likeness (QED) is 0.882. The zero-order valence-electron chi connectivity index (χ0n) is 11.3. The van der Waals surface area contributed by atoms with Gasteiger partial charge in [-0.1, -0.05) is 30.3 Å². The minimum Gasteiger partial charge on any atom is -0.324 e. The molecule has 0 aromatic heterocycles. The molecule has 1 aromatic carbocycles. The van der Waals surface area contributed by atoms with Crippen molar-refractivity contribution in [2.24, 2.45) is 11.7 Å².